The fourth-order valence-electron chi connectivity index (χ4n) is 5.37. The van der Waals surface area contributed by atoms with E-state index in [2.05, 4.69) is 46.7 Å². The third-order valence-corrected chi connectivity index (χ3v) is 7.65. The van der Waals surface area contributed by atoms with Crippen molar-refractivity contribution in [1.82, 2.24) is 4.90 Å². The second-order valence-corrected chi connectivity index (χ2v) is 9.87. The minimum absolute atomic E-state index is 0.0814. The summed E-state index contributed by atoms with van der Waals surface area (Å²) >= 11 is 0. The van der Waals surface area contributed by atoms with E-state index in [-0.39, 0.29) is 42.7 Å². The summed E-state index contributed by atoms with van der Waals surface area (Å²) < 4.78 is 12.7. The largest absolute Gasteiger partial charge is 0.396 e. The highest BCUT2D eigenvalue weighted by Crippen LogP contribution is 2.36. The Balaban J connectivity index is 1.84. The summed E-state index contributed by atoms with van der Waals surface area (Å²) in [5, 5.41) is 20.6. The Morgan fingerprint density at radius 3 is 2.07 bits per heavy atom. The predicted octanol–water partition coefficient (Wildman–Crippen LogP) is 3.85. The fraction of sp³-hybridized carbons (Fsp3) is 1.00. The molecule has 9 unspecified atom stereocenters. The fourth-order valence-corrected chi connectivity index (χ4v) is 5.37. The highest BCUT2D eigenvalue weighted by atomic mass is 16.5. The third-order valence-electron chi connectivity index (χ3n) is 7.65. The summed E-state index contributed by atoms with van der Waals surface area (Å²) in [6, 6.07) is 0.574. The molecule has 5 heteroatoms. The molecule has 0 aromatic heterocycles. The molecular formula is C24H47NO4. The van der Waals surface area contributed by atoms with Gasteiger partial charge in [0, 0.05) is 30.4 Å². The van der Waals surface area contributed by atoms with Crippen LogP contribution in [-0.4, -0.2) is 72.4 Å². The summed E-state index contributed by atoms with van der Waals surface area (Å²) in [5.41, 5.74) is 0. The molecule has 0 spiro atoms. The van der Waals surface area contributed by atoms with Crippen molar-refractivity contribution in [2.75, 3.05) is 20.7 Å². The zero-order valence-corrected chi connectivity index (χ0v) is 19.7. The molecule has 2 rings (SSSR count). The van der Waals surface area contributed by atoms with Crippen molar-refractivity contribution in [3.63, 3.8) is 0 Å². The second-order valence-electron chi connectivity index (χ2n) is 9.87. The normalized spacial score (nSPS) is 33.0. The van der Waals surface area contributed by atoms with Crippen molar-refractivity contribution < 1.29 is 19.7 Å². The summed E-state index contributed by atoms with van der Waals surface area (Å²) in [5.74, 6) is 0.415. The molecule has 2 N–H and O–H groups in total. The van der Waals surface area contributed by atoms with Gasteiger partial charge in [-0.05, 0) is 59.0 Å². The minimum Gasteiger partial charge on any atom is -0.396 e. The van der Waals surface area contributed by atoms with Crippen LogP contribution in [0.2, 0.25) is 0 Å². The Kier molecular flexibility index (Phi) is 10.4. The smallest absolute Gasteiger partial charge is 0.0640 e. The first-order valence-corrected chi connectivity index (χ1v) is 12.1. The van der Waals surface area contributed by atoms with E-state index in [1.165, 1.54) is 12.8 Å². The number of hydrogen-bond donors (Lipinski definition) is 2. The maximum absolute atomic E-state index is 11.1. The number of nitrogens with zero attached hydrogens (tertiary/aromatic N) is 1. The number of hydrogen-bond acceptors (Lipinski definition) is 5. The summed E-state index contributed by atoms with van der Waals surface area (Å²) in [6.07, 6.45) is 8.77. The van der Waals surface area contributed by atoms with Crippen LogP contribution in [0.25, 0.3) is 0 Å². The van der Waals surface area contributed by atoms with Gasteiger partial charge >= 0.3 is 0 Å². The van der Waals surface area contributed by atoms with Crippen LogP contribution >= 0.6 is 0 Å². The van der Waals surface area contributed by atoms with Crippen LogP contribution in [0.4, 0.5) is 0 Å². The Bertz CT molecular complexity index is 456. The average molecular weight is 414 g/mol. The zero-order chi connectivity index (χ0) is 21.6. The third kappa shape index (κ3) is 6.64. The topological polar surface area (TPSA) is 62.2 Å². The van der Waals surface area contributed by atoms with E-state index in [4.69, 9.17) is 9.47 Å². The maximum Gasteiger partial charge on any atom is 0.0640 e. The number of rotatable bonds is 12. The van der Waals surface area contributed by atoms with Crippen LogP contribution < -0.4 is 0 Å². The molecule has 2 aliphatic rings. The Morgan fingerprint density at radius 2 is 1.52 bits per heavy atom. The van der Waals surface area contributed by atoms with Crippen molar-refractivity contribution in [3.8, 4) is 0 Å². The Morgan fingerprint density at radius 1 is 0.931 bits per heavy atom. The minimum atomic E-state index is -0.419. The first-order valence-electron chi connectivity index (χ1n) is 12.1. The van der Waals surface area contributed by atoms with Crippen molar-refractivity contribution in [2.45, 2.75) is 116 Å². The SMILES string of the molecule is CCCC(CC1CCC(C(C)C(O)C(C)C2CCC(C(CC)CO)O2)O1)N(C)C. The highest BCUT2D eigenvalue weighted by molar-refractivity contribution is 4.89. The zero-order valence-electron chi connectivity index (χ0n) is 19.7. The molecule has 0 aromatic carbocycles. The standard InChI is InChI=1S/C24H47NO4/c1-7-9-19(25(5)6)14-20-10-11-21(28-20)16(3)24(27)17(4)22-12-13-23(29-22)18(8-2)15-26/h16-24,26-27H,7-15H2,1-6H3. The van der Waals surface area contributed by atoms with E-state index >= 15 is 0 Å². The lowest BCUT2D eigenvalue weighted by Gasteiger charge is -2.33. The maximum atomic E-state index is 11.1. The quantitative estimate of drug-likeness (QED) is 0.509. The van der Waals surface area contributed by atoms with Gasteiger partial charge in [-0.1, -0.05) is 34.1 Å². The van der Waals surface area contributed by atoms with Crippen molar-refractivity contribution in [2.24, 2.45) is 17.8 Å². The van der Waals surface area contributed by atoms with Crippen molar-refractivity contribution in [3.05, 3.63) is 0 Å². The molecule has 0 amide bonds. The van der Waals surface area contributed by atoms with Gasteiger partial charge in [0.05, 0.1) is 30.5 Å². The van der Waals surface area contributed by atoms with Crippen LogP contribution in [-0.2, 0) is 9.47 Å². The van der Waals surface area contributed by atoms with Gasteiger partial charge in [-0.25, -0.2) is 0 Å². The first kappa shape index (κ1) is 25.1. The van der Waals surface area contributed by atoms with Gasteiger partial charge in [0.25, 0.3) is 0 Å². The number of ether oxygens (including phenoxy) is 2. The first-order chi connectivity index (χ1) is 13.8. The van der Waals surface area contributed by atoms with E-state index in [1.54, 1.807) is 0 Å². The lowest BCUT2D eigenvalue weighted by atomic mass is 9.84. The average Bonchev–Trinajstić information content (AvgIpc) is 3.37. The van der Waals surface area contributed by atoms with Crippen LogP contribution in [0, 0.1) is 17.8 Å². The molecule has 0 bridgehead atoms. The number of aliphatic hydroxyl groups excluding tert-OH is 2. The molecule has 2 fully saturated rings. The molecule has 2 saturated heterocycles. The molecule has 0 radical (unpaired) electrons. The van der Waals surface area contributed by atoms with Gasteiger partial charge in [-0.3, -0.25) is 0 Å². The summed E-state index contributed by atoms with van der Waals surface area (Å²) in [6.45, 7) is 8.79. The van der Waals surface area contributed by atoms with Crippen LogP contribution in [0.15, 0.2) is 0 Å². The van der Waals surface area contributed by atoms with E-state index in [0.717, 1.165) is 38.5 Å². The molecule has 0 aromatic rings. The molecule has 2 aliphatic heterocycles. The Hall–Kier alpha value is -0.200. The Labute approximate surface area is 179 Å². The van der Waals surface area contributed by atoms with E-state index in [0.29, 0.717) is 12.1 Å². The van der Waals surface area contributed by atoms with Crippen molar-refractivity contribution in [1.29, 1.82) is 0 Å². The predicted molar refractivity (Wildman–Crippen MR) is 118 cm³/mol. The van der Waals surface area contributed by atoms with Crippen molar-refractivity contribution >= 4 is 0 Å². The van der Waals surface area contributed by atoms with Gasteiger partial charge in [0.15, 0.2) is 0 Å². The second kappa shape index (κ2) is 12.0. The van der Waals surface area contributed by atoms with Gasteiger partial charge in [-0.15, -0.1) is 0 Å². The molecule has 9 atom stereocenters. The lowest BCUT2D eigenvalue weighted by Crippen LogP contribution is -2.40. The monoisotopic (exact) mass is 413 g/mol. The molecule has 0 aliphatic carbocycles. The number of aliphatic hydroxyl groups is 2. The summed E-state index contributed by atoms with van der Waals surface area (Å²) in [4.78, 5) is 2.32. The lowest BCUT2D eigenvalue weighted by molar-refractivity contribution is -0.0893. The van der Waals surface area contributed by atoms with Gasteiger partial charge < -0.3 is 24.6 Å². The molecule has 2 heterocycles. The van der Waals surface area contributed by atoms with Crippen LogP contribution in [0.3, 0.4) is 0 Å². The van der Waals surface area contributed by atoms with E-state index in [9.17, 15) is 10.2 Å². The highest BCUT2D eigenvalue weighted by Gasteiger charge is 2.40. The van der Waals surface area contributed by atoms with E-state index < -0.39 is 6.10 Å². The molecule has 0 saturated carbocycles. The van der Waals surface area contributed by atoms with Crippen LogP contribution in [0.5, 0.6) is 0 Å². The molecule has 172 valence electrons. The summed E-state index contributed by atoms with van der Waals surface area (Å²) in [7, 11) is 4.32. The van der Waals surface area contributed by atoms with Gasteiger partial charge in [0.1, 0.15) is 0 Å². The molecule has 29 heavy (non-hydrogen) atoms. The van der Waals surface area contributed by atoms with Gasteiger partial charge in [0.2, 0.25) is 0 Å². The van der Waals surface area contributed by atoms with Gasteiger partial charge in [-0.2, -0.15) is 0 Å². The van der Waals surface area contributed by atoms with E-state index in [1.807, 2.05) is 0 Å². The molecule has 5 nitrogen and oxygen atoms in total. The molecular weight excluding hydrogens is 366 g/mol. The van der Waals surface area contributed by atoms with Crippen LogP contribution in [0.1, 0.15) is 79.1 Å².